The molecule has 118 valence electrons. The minimum absolute atomic E-state index is 0.123. The van der Waals surface area contributed by atoms with Gasteiger partial charge in [0.05, 0.1) is 30.0 Å². The van der Waals surface area contributed by atoms with E-state index in [1.807, 2.05) is 0 Å². The Hall–Kier alpha value is -2.34. The molecule has 0 aliphatic heterocycles. The van der Waals surface area contributed by atoms with Crippen LogP contribution in [-0.4, -0.2) is 31.4 Å². The van der Waals surface area contributed by atoms with Crippen molar-refractivity contribution in [1.29, 1.82) is 0 Å². The van der Waals surface area contributed by atoms with E-state index in [-0.39, 0.29) is 22.8 Å². The van der Waals surface area contributed by atoms with Crippen LogP contribution in [0.5, 0.6) is 0 Å². The molecule has 0 aliphatic carbocycles. The number of halogens is 1. The number of ketones is 1. The molecule has 0 saturated heterocycles. The average molecular weight is 326 g/mol. The number of benzene rings is 1. The lowest BCUT2D eigenvalue weighted by Gasteiger charge is -2.09. The van der Waals surface area contributed by atoms with Gasteiger partial charge in [-0.3, -0.25) is 4.79 Å². The third kappa shape index (κ3) is 4.33. The molecule has 0 atom stereocenters. The molecule has 0 bridgehead atoms. The highest BCUT2D eigenvalue weighted by Gasteiger charge is 2.17. The summed E-state index contributed by atoms with van der Waals surface area (Å²) in [5, 5.41) is 2.85. The molecular formula is C15H16ClNO5. The van der Waals surface area contributed by atoms with Crippen LogP contribution < -0.4 is 5.32 Å². The van der Waals surface area contributed by atoms with Crippen molar-refractivity contribution in [3.8, 4) is 0 Å². The molecule has 22 heavy (non-hydrogen) atoms. The predicted molar refractivity (Wildman–Crippen MR) is 81.8 cm³/mol. The van der Waals surface area contributed by atoms with E-state index in [0.29, 0.717) is 5.69 Å². The molecule has 1 aromatic carbocycles. The summed E-state index contributed by atoms with van der Waals surface area (Å²) in [7, 11) is 1.24. The fourth-order valence-electron chi connectivity index (χ4n) is 1.57. The van der Waals surface area contributed by atoms with Gasteiger partial charge in [-0.15, -0.1) is 0 Å². The Morgan fingerprint density at radius 1 is 1.32 bits per heavy atom. The molecule has 0 fully saturated rings. The minimum Gasteiger partial charge on any atom is -0.465 e. The zero-order valence-electron chi connectivity index (χ0n) is 12.4. The van der Waals surface area contributed by atoms with E-state index in [4.69, 9.17) is 16.3 Å². The van der Waals surface area contributed by atoms with E-state index in [9.17, 15) is 14.4 Å². The molecule has 0 spiro atoms. The van der Waals surface area contributed by atoms with Gasteiger partial charge in [0.15, 0.2) is 5.78 Å². The Morgan fingerprint density at radius 2 is 2.00 bits per heavy atom. The van der Waals surface area contributed by atoms with E-state index in [1.54, 1.807) is 19.1 Å². The number of nitrogens with one attached hydrogen (secondary N) is 1. The molecule has 0 amide bonds. The van der Waals surface area contributed by atoms with Crippen molar-refractivity contribution in [1.82, 2.24) is 0 Å². The summed E-state index contributed by atoms with van der Waals surface area (Å²) < 4.78 is 9.40. The first kappa shape index (κ1) is 17.7. The lowest BCUT2D eigenvalue weighted by molar-refractivity contribution is -0.139. The highest BCUT2D eigenvalue weighted by atomic mass is 35.5. The van der Waals surface area contributed by atoms with Gasteiger partial charge in [0, 0.05) is 6.20 Å². The standard InChI is InChI=1S/C15H16ClNO5/c1-4-22-15(20)11(9(2)18)8-17-12-7-5-6-10(13(12)16)14(19)21-3/h5-8,17H,4H2,1-3H3. The van der Waals surface area contributed by atoms with Crippen molar-refractivity contribution < 1.29 is 23.9 Å². The van der Waals surface area contributed by atoms with Gasteiger partial charge in [-0.2, -0.15) is 0 Å². The Morgan fingerprint density at radius 3 is 2.55 bits per heavy atom. The van der Waals surface area contributed by atoms with Crippen LogP contribution in [0.4, 0.5) is 5.69 Å². The van der Waals surface area contributed by atoms with E-state index in [1.165, 1.54) is 26.3 Å². The predicted octanol–water partition coefficient (Wildman–Crippen LogP) is 2.57. The number of hydrogen-bond donors (Lipinski definition) is 1. The normalized spacial score (nSPS) is 10.8. The molecular weight excluding hydrogens is 310 g/mol. The number of methoxy groups -OCH3 is 1. The van der Waals surface area contributed by atoms with Gasteiger partial charge in [-0.05, 0) is 26.0 Å². The second-order valence-corrected chi connectivity index (χ2v) is 4.52. The number of Topliss-reactive ketones (excluding diaryl/α,β-unsaturated/α-hetero) is 1. The largest absolute Gasteiger partial charge is 0.465 e. The van der Waals surface area contributed by atoms with E-state index in [0.717, 1.165) is 0 Å². The van der Waals surface area contributed by atoms with Crippen LogP contribution in [0.2, 0.25) is 5.02 Å². The molecule has 1 N–H and O–H groups in total. The first-order chi connectivity index (χ1) is 10.4. The van der Waals surface area contributed by atoms with Crippen molar-refractivity contribution >= 4 is 35.0 Å². The van der Waals surface area contributed by atoms with Crippen LogP contribution in [-0.2, 0) is 19.1 Å². The molecule has 6 nitrogen and oxygen atoms in total. The molecule has 0 heterocycles. The fraction of sp³-hybridized carbons (Fsp3) is 0.267. The lowest BCUT2D eigenvalue weighted by Crippen LogP contribution is -2.15. The van der Waals surface area contributed by atoms with Crippen LogP contribution in [0.3, 0.4) is 0 Å². The smallest absolute Gasteiger partial charge is 0.343 e. The topological polar surface area (TPSA) is 81.7 Å². The third-order valence-electron chi connectivity index (χ3n) is 2.65. The molecule has 1 rings (SSSR count). The van der Waals surface area contributed by atoms with Gasteiger partial charge in [0.25, 0.3) is 0 Å². The van der Waals surface area contributed by atoms with Crippen LogP contribution in [0.25, 0.3) is 0 Å². The molecule has 0 saturated carbocycles. The summed E-state index contributed by atoms with van der Waals surface area (Å²) >= 11 is 6.09. The minimum atomic E-state index is -0.734. The Labute approximate surface area is 133 Å². The van der Waals surface area contributed by atoms with E-state index < -0.39 is 17.7 Å². The monoisotopic (exact) mass is 325 g/mol. The second-order valence-electron chi connectivity index (χ2n) is 4.14. The highest BCUT2D eigenvalue weighted by Crippen LogP contribution is 2.26. The van der Waals surface area contributed by atoms with Gasteiger partial charge in [-0.25, -0.2) is 9.59 Å². The maximum Gasteiger partial charge on any atom is 0.343 e. The third-order valence-corrected chi connectivity index (χ3v) is 3.06. The number of rotatable bonds is 6. The quantitative estimate of drug-likeness (QED) is 0.375. The molecule has 0 radical (unpaired) electrons. The number of hydrogen-bond acceptors (Lipinski definition) is 6. The Bertz CT molecular complexity index is 624. The van der Waals surface area contributed by atoms with Crippen LogP contribution in [0.15, 0.2) is 30.0 Å². The van der Waals surface area contributed by atoms with Gasteiger partial charge >= 0.3 is 11.9 Å². The maximum absolute atomic E-state index is 11.7. The lowest BCUT2D eigenvalue weighted by atomic mass is 10.2. The van der Waals surface area contributed by atoms with Crippen molar-refractivity contribution in [3.05, 3.63) is 40.6 Å². The van der Waals surface area contributed by atoms with Gasteiger partial charge in [-0.1, -0.05) is 17.7 Å². The zero-order valence-corrected chi connectivity index (χ0v) is 13.2. The van der Waals surface area contributed by atoms with Gasteiger partial charge in [0.1, 0.15) is 5.57 Å². The Balaban J connectivity index is 3.08. The maximum atomic E-state index is 11.7. The molecule has 7 heteroatoms. The first-order valence-corrected chi connectivity index (χ1v) is 6.81. The van der Waals surface area contributed by atoms with Gasteiger partial charge in [0.2, 0.25) is 0 Å². The number of carbonyl (C=O) groups excluding carboxylic acids is 3. The first-order valence-electron chi connectivity index (χ1n) is 6.44. The summed E-state index contributed by atoms with van der Waals surface area (Å²) in [5.41, 5.74) is 0.372. The fourth-order valence-corrected chi connectivity index (χ4v) is 1.83. The van der Waals surface area contributed by atoms with Crippen molar-refractivity contribution in [2.75, 3.05) is 19.0 Å². The molecule has 0 aromatic heterocycles. The van der Waals surface area contributed by atoms with Gasteiger partial charge < -0.3 is 14.8 Å². The number of carbonyl (C=O) groups is 3. The SMILES string of the molecule is CCOC(=O)C(=CNc1cccc(C(=O)OC)c1Cl)C(C)=O. The van der Waals surface area contributed by atoms with Crippen LogP contribution in [0, 0.1) is 0 Å². The molecule has 0 unspecified atom stereocenters. The molecule has 0 aliphatic rings. The van der Waals surface area contributed by atoms with Crippen molar-refractivity contribution in [3.63, 3.8) is 0 Å². The molecule has 1 aromatic rings. The summed E-state index contributed by atoms with van der Waals surface area (Å²) in [4.78, 5) is 34.7. The average Bonchev–Trinajstić information content (AvgIpc) is 2.48. The van der Waals surface area contributed by atoms with E-state index >= 15 is 0 Å². The second kappa shape index (κ2) is 8.19. The number of ether oxygens (including phenoxy) is 2. The Kier molecular flexibility index (Phi) is 6.59. The van der Waals surface area contributed by atoms with Crippen molar-refractivity contribution in [2.45, 2.75) is 13.8 Å². The van der Waals surface area contributed by atoms with E-state index in [2.05, 4.69) is 10.1 Å². The summed E-state index contributed by atoms with van der Waals surface area (Å²) in [6.45, 7) is 3.04. The summed E-state index contributed by atoms with van der Waals surface area (Å²) in [5.74, 6) is -1.77. The zero-order chi connectivity index (χ0) is 16.7. The number of esters is 2. The van der Waals surface area contributed by atoms with Crippen LogP contribution in [0.1, 0.15) is 24.2 Å². The van der Waals surface area contributed by atoms with Crippen molar-refractivity contribution in [2.24, 2.45) is 0 Å². The number of anilines is 1. The summed E-state index contributed by atoms with van der Waals surface area (Å²) in [6.07, 6.45) is 1.20. The summed E-state index contributed by atoms with van der Waals surface area (Å²) in [6, 6.07) is 4.68. The highest BCUT2D eigenvalue weighted by molar-refractivity contribution is 6.36. The van der Waals surface area contributed by atoms with Crippen LogP contribution >= 0.6 is 11.6 Å².